The molecule has 2 aromatic heterocycles. The quantitative estimate of drug-likeness (QED) is 0.655. The maximum absolute atomic E-state index is 12.8. The highest BCUT2D eigenvalue weighted by Crippen LogP contribution is 2.39. The normalized spacial score (nSPS) is 16.4. The van der Waals surface area contributed by atoms with E-state index in [0.717, 1.165) is 39.3 Å². The van der Waals surface area contributed by atoms with E-state index in [0.29, 0.717) is 23.9 Å². The van der Waals surface area contributed by atoms with E-state index in [1.165, 1.54) is 11.3 Å². The van der Waals surface area contributed by atoms with E-state index in [1.54, 1.807) is 0 Å². The van der Waals surface area contributed by atoms with Crippen LogP contribution >= 0.6 is 22.9 Å². The lowest BCUT2D eigenvalue weighted by molar-refractivity contribution is 0.0902. The number of aromatic nitrogens is 2. The van der Waals surface area contributed by atoms with Crippen molar-refractivity contribution >= 4 is 39.1 Å². The van der Waals surface area contributed by atoms with Gasteiger partial charge in [0.05, 0.1) is 22.7 Å². The minimum absolute atomic E-state index is 0.0558. The molecular formula is C20H23ClN4OS. The van der Waals surface area contributed by atoms with Crippen molar-refractivity contribution in [3.63, 3.8) is 0 Å². The SMILES string of the molecule is Cc1nn(Cc2ccccc2Cl)c2sc(C(=O)NC(C)(CN)C3CC3)cc12. The van der Waals surface area contributed by atoms with Crippen LogP contribution in [0.4, 0.5) is 0 Å². The fraction of sp³-hybridized carbons (Fsp3) is 0.400. The molecular weight excluding hydrogens is 380 g/mol. The lowest BCUT2D eigenvalue weighted by Crippen LogP contribution is -2.53. The molecule has 0 spiro atoms. The summed E-state index contributed by atoms with van der Waals surface area (Å²) in [5.74, 6) is 0.429. The van der Waals surface area contributed by atoms with Crippen molar-refractivity contribution < 1.29 is 4.79 Å². The summed E-state index contributed by atoms with van der Waals surface area (Å²) in [4.78, 5) is 14.5. The lowest BCUT2D eigenvalue weighted by Gasteiger charge is -2.29. The summed E-state index contributed by atoms with van der Waals surface area (Å²) >= 11 is 7.76. The van der Waals surface area contributed by atoms with Crippen LogP contribution in [-0.4, -0.2) is 27.8 Å². The van der Waals surface area contributed by atoms with Crippen LogP contribution < -0.4 is 11.1 Å². The molecule has 2 heterocycles. The molecule has 7 heteroatoms. The highest BCUT2D eigenvalue weighted by molar-refractivity contribution is 7.20. The fourth-order valence-corrected chi connectivity index (χ4v) is 4.73. The van der Waals surface area contributed by atoms with Gasteiger partial charge in [0.25, 0.3) is 5.91 Å². The van der Waals surface area contributed by atoms with Gasteiger partial charge in [0, 0.05) is 17.0 Å². The van der Waals surface area contributed by atoms with E-state index in [1.807, 2.05) is 48.9 Å². The molecule has 0 bridgehead atoms. The van der Waals surface area contributed by atoms with Crippen LogP contribution in [0.2, 0.25) is 5.02 Å². The highest BCUT2D eigenvalue weighted by Gasteiger charge is 2.41. The minimum atomic E-state index is -0.327. The predicted molar refractivity (Wildman–Crippen MR) is 111 cm³/mol. The van der Waals surface area contributed by atoms with Crippen molar-refractivity contribution in [1.29, 1.82) is 0 Å². The third-order valence-electron chi connectivity index (χ3n) is 5.41. The molecule has 1 aliphatic carbocycles. The second-order valence-electron chi connectivity index (χ2n) is 7.51. The zero-order valence-corrected chi connectivity index (χ0v) is 17.0. The number of amides is 1. The van der Waals surface area contributed by atoms with Crippen LogP contribution in [0.3, 0.4) is 0 Å². The number of rotatable bonds is 6. The predicted octanol–water partition coefficient (Wildman–Crippen LogP) is 3.97. The van der Waals surface area contributed by atoms with Crippen molar-refractivity contribution in [3.8, 4) is 0 Å². The third-order valence-corrected chi connectivity index (χ3v) is 6.93. The number of thiophene rings is 1. The standard InChI is InChI=1S/C20H23ClN4OS/c1-12-15-9-17(18(26)23-20(2,11-22)14-7-8-14)27-19(15)25(24-12)10-13-5-3-4-6-16(13)21/h3-6,9,14H,7-8,10-11,22H2,1-2H3,(H,23,26). The maximum Gasteiger partial charge on any atom is 0.261 e. The molecule has 142 valence electrons. The first-order valence-corrected chi connectivity index (χ1v) is 10.3. The number of benzene rings is 1. The smallest absolute Gasteiger partial charge is 0.261 e. The van der Waals surface area contributed by atoms with Crippen LogP contribution in [0.15, 0.2) is 30.3 Å². The van der Waals surface area contributed by atoms with Gasteiger partial charge < -0.3 is 11.1 Å². The van der Waals surface area contributed by atoms with E-state index in [2.05, 4.69) is 10.4 Å². The fourth-order valence-electron chi connectivity index (χ4n) is 3.48. The Kier molecular flexibility index (Phi) is 4.74. The van der Waals surface area contributed by atoms with Gasteiger partial charge in [-0.2, -0.15) is 5.10 Å². The molecule has 0 radical (unpaired) electrons. The number of hydrogen-bond acceptors (Lipinski definition) is 4. The monoisotopic (exact) mass is 402 g/mol. The van der Waals surface area contributed by atoms with Gasteiger partial charge in [0.1, 0.15) is 4.83 Å². The molecule has 0 aliphatic heterocycles. The second-order valence-corrected chi connectivity index (χ2v) is 8.95. The number of hydrogen-bond donors (Lipinski definition) is 2. The largest absolute Gasteiger partial charge is 0.345 e. The van der Waals surface area contributed by atoms with Gasteiger partial charge >= 0.3 is 0 Å². The molecule has 0 saturated heterocycles. The third kappa shape index (κ3) is 3.49. The number of nitrogens with one attached hydrogen (secondary N) is 1. The molecule has 1 aromatic carbocycles. The zero-order valence-electron chi connectivity index (χ0n) is 15.5. The van der Waals surface area contributed by atoms with Gasteiger partial charge in [0.2, 0.25) is 0 Å². The summed E-state index contributed by atoms with van der Waals surface area (Å²) in [6, 6.07) is 9.69. The second kappa shape index (κ2) is 6.93. The van der Waals surface area contributed by atoms with Gasteiger partial charge in [0.15, 0.2) is 0 Å². The van der Waals surface area contributed by atoms with Crippen LogP contribution in [-0.2, 0) is 6.54 Å². The average molecular weight is 403 g/mol. The number of carbonyl (C=O) groups excluding carboxylic acids is 1. The highest BCUT2D eigenvalue weighted by atomic mass is 35.5. The summed E-state index contributed by atoms with van der Waals surface area (Å²) in [7, 11) is 0. The Labute approximate surface area is 167 Å². The molecule has 27 heavy (non-hydrogen) atoms. The zero-order chi connectivity index (χ0) is 19.2. The van der Waals surface area contributed by atoms with E-state index in [4.69, 9.17) is 17.3 Å². The Bertz CT molecular complexity index is 1010. The number of nitrogens with zero attached hydrogens (tertiary/aromatic N) is 2. The molecule has 3 aromatic rings. The average Bonchev–Trinajstić information content (AvgIpc) is 3.35. The van der Waals surface area contributed by atoms with Crippen LogP contribution in [0.1, 0.15) is 40.7 Å². The molecule has 1 unspecified atom stereocenters. The minimum Gasteiger partial charge on any atom is -0.345 e. The Morgan fingerprint density at radius 3 is 2.85 bits per heavy atom. The van der Waals surface area contributed by atoms with Crippen molar-refractivity contribution in [3.05, 3.63) is 51.5 Å². The summed E-state index contributed by atoms with van der Waals surface area (Å²) in [5.41, 5.74) is 7.53. The summed E-state index contributed by atoms with van der Waals surface area (Å²) < 4.78 is 1.93. The van der Waals surface area contributed by atoms with Gasteiger partial charge in [-0.1, -0.05) is 29.8 Å². The summed E-state index contributed by atoms with van der Waals surface area (Å²) in [6.07, 6.45) is 2.26. The molecule has 5 nitrogen and oxygen atoms in total. The van der Waals surface area contributed by atoms with Crippen LogP contribution in [0.5, 0.6) is 0 Å². The molecule has 3 N–H and O–H groups in total. The van der Waals surface area contributed by atoms with Crippen molar-refractivity contribution in [1.82, 2.24) is 15.1 Å². The Hall–Kier alpha value is -1.89. The first-order valence-electron chi connectivity index (χ1n) is 9.14. The molecule has 4 rings (SSSR count). The number of nitrogens with two attached hydrogens (primary N) is 1. The van der Waals surface area contributed by atoms with E-state index < -0.39 is 0 Å². The van der Waals surface area contributed by atoms with E-state index in [9.17, 15) is 4.79 Å². The Morgan fingerprint density at radius 2 is 2.19 bits per heavy atom. The van der Waals surface area contributed by atoms with Gasteiger partial charge in [-0.25, -0.2) is 0 Å². The van der Waals surface area contributed by atoms with Crippen LogP contribution in [0.25, 0.3) is 10.2 Å². The van der Waals surface area contributed by atoms with Crippen LogP contribution in [0, 0.1) is 12.8 Å². The molecule has 1 saturated carbocycles. The maximum atomic E-state index is 12.8. The van der Waals surface area contributed by atoms with Crippen molar-refractivity contribution in [2.75, 3.05) is 6.54 Å². The number of halogens is 1. The van der Waals surface area contributed by atoms with Crippen molar-refractivity contribution in [2.45, 2.75) is 38.8 Å². The van der Waals surface area contributed by atoms with Crippen molar-refractivity contribution in [2.24, 2.45) is 11.7 Å². The number of aryl methyl sites for hydroxylation is 1. The van der Waals surface area contributed by atoms with E-state index >= 15 is 0 Å². The number of carbonyl (C=O) groups is 1. The van der Waals surface area contributed by atoms with Gasteiger partial charge in [-0.15, -0.1) is 11.3 Å². The lowest BCUT2D eigenvalue weighted by atomic mass is 9.96. The van der Waals surface area contributed by atoms with E-state index in [-0.39, 0.29) is 11.4 Å². The summed E-state index contributed by atoms with van der Waals surface area (Å²) in [5, 5.41) is 9.53. The molecule has 1 atom stereocenters. The molecule has 1 amide bonds. The topological polar surface area (TPSA) is 72.9 Å². The number of fused-ring (bicyclic) bond motifs is 1. The Balaban J connectivity index is 1.62. The summed E-state index contributed by atoms with van der Waals surface area (Å²) in [6.45, 7) is 5.04. The molecule has 1 fully saturated rings. The first-order chi connectivity index (χ1) is 12.9. The first kappa shape index (κ1) is 18.5. The molecule has 1 aliphatic rings. The Morgan fingerprint density at radius 1 is 1.44 bits per heavy atom. The van der Waals surface area contributed by atoms with Gasteiger partial charge in [-0.3, -0.25) is 9.48 Å². The van der Waals surface area contributed by atoms with Gasteiger partial charge in [-0.05, 0) is 50.3 Å².